The molecule has 1 aliphatic heterocycles. The normalized spacial score (nSPS) is 17.7. The third-order valence-electron chi connectivity index (χ3n) is 8.04. The number of amides is 1. The summed E-state index contributed by atoms with van der Waals surface area (Å²) in [4.78, 5) is 21.7. The van der Waals surface area contributed by atoms with Crippen molar-refractivity contribution in [2.24, 2.45) is 5.92 Å². The van der Waals surface area contributed by atoms with Crippen LogP contribution in [-0.4, -0.2) is 84.0 Å². The number of fused-ring (bicyclic) bond motifs is 1. The van der Waals surface area contributed by atoms with Crippen molar-refractivity contribution in [2.75, 3.05) is 31.6 Å². The fraction of sp³-hybridized carbons (Fsp3) is 0.533. The number of carbonyl (C=O) groups excluding carboxylic acids is 1. The van der Waals surface area contributed by atoms with E-state index in [2.05, 4.69) is 30.4 Å². The monoisotopic (exact) mass is 573 g/mol. The first-order valence-corrected chi connectivity index (χ1v) is 14.7. The molecule has 12 heteroatoms. The van der Waals surface area contributed by atoms with Crippen molar-refractivity contribution in [3.05, 3.63) is 48.8 Å². The Balaban J connectivity index is 1.13. The third kappa shape index (κ3) is 6.17. The summed E-state index contributed by atoms with van der Waals surface area (Å²) in [5.41, 5.74) is 2.79. The zero-order chi connectivity index (χ0) is 29.3. The van der Waals surface area contributed by atoms with E-state index in [1.165, 1.54) is 19.3 Å². The van der Waals surface area contributed by atoms with Crippen molar-refractivity contribution in [3.63, 3.8) is 0 Å². The minimum atomic E-state index is -0.519. The molecule has 12 nitrogen and oxygen atoms in total. The maximum atomic E-state index is 13.2. The molecule has 6 rings (SSSR count). The van der Waals surface area contributed by atoms with Gasteiger partial charge >= 0.3 is 6.09 Å². The van der Waals surface area contributed by atoms with E-state index in [9.17, 15) is 4.79 Å². The van der Waals surface area contributed by atoms with E-state index in [0.717, 1.165) is 60.8 Å². The molecule has 0 spiro atoms. The van der Waals surface area contributed by atoms with Crippen LogP contribution in [0.15, 0.2) is 43.1 Å². The van der Waals surface area contributed by atoms with Crippen LogP contribution in [0.4, 0.5) is 10.6 Å². The minimum Gasteiger partial charge on any atom is -0.495 e. The van der Waals surface area contributed by atoms with Gasteiger partial charge in [-0.3, -0.25) is 0 Å². The van der Waals surface area contributed by atoms with Crippen LogP contribution < -0.4 is 9.64 Å². The van der Waals surface area contributed by atoms with Crippen molar-refractivity contribution < 1.29 is 14.3 Å². The highest BCUT2D eigenvalue weighted by Gasteiger charge is 2.34. The molecule has 1 saturated carbocycles. The van der Waals surface area contributed by atoms with Gasteiger partial charge in [0.1, 0.15) is 17.0 Å². The van der Waals surface area contributed by atoms with Gasteiger partial charge in [0.05, 0.1) is 55.8 Å². The molecule has 0 radical (unpaired) electrons. The van der Waals surface area contributed by atoms with E-state index < -0.39 is 5.60 Å². The number of imidazole rings is 1. The zero-order valence-electron chi connectivity index (χ0n) is 24.8. The van der Waals surface area contributed by atoms with E-state index in [0.29, 0.717) is 18.2 Å². The van der Waals surface area contributed by atoms with Crippen LogP contribution in [-0.2, 0) is 11.3 Å². The second-order valence-corrected chi connectivity index (χ2v) is 12.3. The molecule has 4 aromatic heterocycles. The average molecular weight is 574 g/mol. The highest BCUT2D eigenvalue weighted by molar-refractivity contribution is 5.78. The molecule has 2 aliphatic rings. The van der Waals surface area contributed by atoms with Crippen LogP contribution in [0.3, 0.4) is 0 Å². The van der Waals surface area contributed by atoms with Gasteiger partial charge in [-0.2, -0.15) is 5.10 Å². The predicted molar refractivity (Wildman–Crippen MR) is 157 cm³/mol. The van der Waals surface area contributed by atoms with Gasteiger partial charge < -0.3 is 23.7 Å². The lowest BCUT2D eigenvalue weighted by Gasteiger charge is -2.42. The molecule has 0 unspecified atom stereocenters. The molecular weight excluding hydrogens is 534 g/mol. The molecule has 42 heavy (non-hydrogen) atoms. The molecule has 222 valence electrons. The van der Waals surface area contributed by atoms with Crippen LogP contribution >= 0.6 is 0 Å². The maximum Gasteiger partial charge on any atom is 0.410 e. The Morgan fingerprint density at radius 3 is 2.67 bits per heavy atom. The van der Waals surface area contributed by atoms with E-state index in [4.69, 9.17) is 9.47 Å². The number of ether oxygens (including phenoxy) is 2. The van der Waals surface area contributed by atoms with E-state index in [1.54, 1.807) is 24.3 Å². The minimum absolute atomic E-state index is 0.0862. The van der Waals surface area contributed by atoms with Crippen molar-refractivity contribution >= 4 is 17.4 Å². The summed E-state index contributed by atoms with van der Waals surface area (Å²) in [5.74, 6) is 2.10. The molecule has 1 saturated heterocycles. The Kier molecular flexibility index (Phi) is 7.70. The molecule has 0 N–H and O–H groups in total. The van der Waals surface area contributed by atoms with Gasteiger partial charge in [-0.05, 0) is 70.6 Å². The number of aromatic nitrogens is 7. The van der Waals surface area contributed by atoms with E-state index in [-0.39, 0.29) is 12.1 Å². The Bertz CT molecular complexity index is 1520. The van der Waals surface area contributed by atoms with Crippen LogP contribution in [0, 0.1) is 5.92 Å². The Hall–Kier alpha value is -4.22. The molecule has 2 fully saturated rings. The van der Waals surface area contributed by atoms with Crippen molar-refractivity contribution in [1.29, 1.82) is 0 Å². The highest BCUT2D eigenvalue weighted by atomic mass is 16.6. The Morgan fingerprint density at radius 2 is 1.95 bits per heavy atom. The molecule has 1 atom stereocenters. The van der Waals surface area contributed by atoms with Gasteiger partial charge in [-0.25, -0.2) is 14.5 Å². The summed E-state index contributed by atoms with van der Waals surface area (Å²) >= 11 is 0. The quantitative estimate of drug-likeness (QED) is 0.301. The molecular formula is C30H39N9O3. The molecule has 1 aliphatic carbocycles. The SMILES string of the molecule is COc1cc(-c2cn(Cc3ccc(N4CCC[C@@H](N(CC5CCC5)C(=O)OC(C)(C)C)C4)nn3)nn2)c2cncn2c1. The van der Waals surface area contributed by atoms with Crippen LogP contribution in [0.1, 0.15) is 58.6 Å². The van der Waals surface area contributed by atoms with Crippen molar-refractivity contribution in [2.45, 2.75) is 71.1 Å². The number of hydrogen-bond donors (Lipinski definition) is 0. The first-order valence-electron chi connectivity index (χ1n) is 14.7. The van der Waals surface area contributed by atoms with Crippen molar-refractivity contribution in [3.8, 4) is 17.0 Å². The predicted octanol–water partition coefficient (Wildman–Crippen LogP) is 4.45. The largest absolute Gasteiger partial charge is 0.495 e. The number of nitrogens with zero attached hydrogens (tertiary/aromatic N) is 9. The first-order chi connectivity index (χ1) is 20.3. The summed E-state index contributed by atoms with van der Waals surface area (Å²) in [6.45, 7) is 8.58. The Morgan fingerprint density at radius 1 is 1.10 bits per heavy atom. The smallest absolute Gasteiger partial charge is 0.410 e. The zero-order valence-corrected chi connectivity index (χ0v) is 24.8. The summed E-state index contributed by atoms with van der Waals surface area (Å²) < 4.78 is 14.9. The lowest BCUT2D eigenvalue weighted by molar-refractivity contribution is 0.00733. The number of anilines is 1. The van der Waals surface area contributed by atoms with Gasteiger partial charge in [-0.1, -0.05) is 11.6 Å². The molecule has 4 aromatic rings. The summed E-state index contributed by atoms with van der Waals surface area (Å²) in [7, 11) is 1.64. The molecule has 0 bridgehead atoms. The average Bonchev–Trinajstić information content (AvgIpc) is 3.61. The lowest BCUT2D eigenvalue weighted by atomic mass is 9.84. The standard InChI is InChI=1S/C30H39N9O3/c1-30(2,3)42-29(40)39(15-21-7-5-8-21)23-9-6-12-36(17-23)28-11-10-22(32-34-28)16-38-19-26(33-35-38)25-13-24(41-4)18-37-20-31-14-27(25)37/h10-11,13-14,18-21,23H,5-9,12,15-17H2,1-4H3/t23-/m1/s1. The van der Waals surface area contributed by atoms with Gasteiger partial charge in [0.2, 0.25) is 0 Å². The van der Waals surface area contributed by atoms with Crippen LogP contribution in [0.5, 0.6) is 5.75 Å². The number of carbonyl (C=O) groups is 1. The van der Waals surface area contributed by atoms with Crippen LogP contribution in [0.25, 0.3) is 16.8 Å². The highest BCUT2D eigenvalue weighted by Crippen LogP contribution is 2.31. The Labute approximate surface area is 245 Å². The number of piperidine rings is 1. The van der Waals surface area contributed by atoms with Gasteiger partial charge in [-0.15, -0.1) is 10.2 Å². The molecule has 1 amide bonds. The maximum absolute atomic E-state index is 13.2. The number of methoxy groups -OCH3 is 1. The third-order valence-corrected chi connectivity index (χ3v) is 8.04. The summed E-state index contributed by atoms with van der Waals surface area (Å²) in [5, 5.41) is 17.8. The second-order valence-electron chi connectivity index (χ2n) is 12.3. The summed E-state index contributed by atoms with van der Waals surface area (Å²) in [6, 6.07) is 6.00. The molecule has 0 aromatic carbocycles. The summed E-state index contributed by atoms with van der Waals surface area (Å²) in [6.07, 6.45) is 12.6. The van der Waals surface area contributed by atoms with Crippen molar-refractivity contribution in [1.82, 2.24) is 39.5 Å². The fourth-order valence-electron chi connectivity index (χ4n) is 5.66. The van der Waals surface area contributed by atoms with Crippen LogP contribution in [0.2, 0.25) is 0 Å². The van der Waals surface area contributed by atoms with E-state index >= 15 is 0 Å². The number of pyridine rings is 1. The second kappa shape index (κ2) is 11.6. The number of hydrogen-bond acceptors (Lipinski definition) is 9. The number of rotatable bonds is 8. The van der Waals surface area contributed by atoms with Gasteiger partial charge in [0.25, 0.3) is 0 Å². The van der Waals surface area contributed by atoms with E-state index in [1.807, 2.05) is 60.7 Å². The fourth-order valence-corrected chi connectivity index (χ4v) is 5.66. The van der Waals surface area contributed by atoms with Gasteiger partial charge in [0, 0.05) is 25.2 Å². The molecule has 5 heterocycles. The lowest BCUT2D eigenvalue weighted by Crippen LogP contribution is -2.53. The first kappa shape index (κ1) is 27.9. The van der Waals surface area contributed by atoms with Gasteiger partial charge in [0.15, 0.2) is 5.82 Å². The topological polar surface area (TPSA) is 116 Å².